The minimum atomic E-state index is -3.85. The average Bonchev–Trinajstić information content (AvgIpc) is 3.30. The molecule has 0 saturated heterocycles. The standard InChI is InChI=1S/C24H29N3O6S/c1-5-31-23(28)16-27(34(29,30)26(3)4)15-19-10-9-13-21(14-19)33-18(2)22-17-32-24(25-22)20-11-7-6-8-12-20/h6-14,17-18H,5,15-16H2,1-4H3. The maximum Gasteiger partial charge on any atom is 0.321 e. The van der Waals surface area contributed by atoms with Gasteiger partial charge in [-0.1, -0.05) is 30.3 Å². The Hall–Kier alpha value is -3.21. The zero-order valence-electron chi connectivity index (χ0n) is 19.7. The van der Waals surface area contributed by atoms with Gasteiger partial charge in [0.2, 0.25) is 5.89 Å². The second-order valence-corrected chi connectivity index (χ2v) is 9.86. The van der Waals surface area contributed by atoms with Gasteiger partial charge in [0.1, 0.15) is 30.4 Å². The van der Waals surface area contributed by atoms with Crippen molar-refractivity contribution in [2.75, 3.05) is 27.2 Å². The van der Waals surface area contributed by atoms with Gasteiger partial charge in [0.25, 0.3) is 10.2 Å². The summed E-state index contributed by atoms with van der Waals surface area (Å²) >= 11 is 0. The van der Waals surface area contributed by atoms with Crippen LogP contribution >= 0.6 is 0 Å². The fourth-order valence-electron chi connectivity index (χ4n) is 3.17. The molecule has 0 N–H and O–H groups in total. The van der Waals surface area contributed by atoms with Gasteiger partial charge in [0, 0.05) is 26.2 Å². The minimum absolute atomic E-state index is 0.0208. The number of hydrogen-bond donors (Lipinski definition) is 0. The lowest BCUT2D eigenvalue weighted by Crippen LogP contribution is -2.42. The molecule has 2 aromatic carbocycles. The first-order valence-electron chi connectivity index (χ1n) is 10.8. The van der Waals surface area contributed by atoms with Crippen LogP contribution in [-0.2, 0) is 26.3 Å². The van der Waals surface area contributed by atoms with Gasteiger partial charge >= 0.3 is 5.97 Å². The molecule has 0 fully saturated rings. The first-order chi connectivity index (χ1) is 16.2. The molecule has 0 bridgehead atoms. The van der Waals surface area contributed by atoms with Crippen molar-refractivity contribution in [2.24, 2.45) is 0 Å². The molecule has 1 atom stereocenters. The highest BCUT2D eigenvalue weighted by molar-refractivity contribution is 7.86. The summed E-state index contributed by atoms with van der Waals surface area (Å²) in [6.07, 6.45) is 1.15. The summed E-state index contributed by atoms with van der Waals surface area (Å²) in [5.74, 6) is 0.421. The number of hydrogen-bond acceptors (Lipinski definition) is 7. The van der Waals surface area contributed by atoms with Crippen LogP contribution < -0.4 is 4.74 Å². The van der Waals surface area contributed by atoms with E-state index in [1.54, 1.807) is 37.5 Å². The second kappa shape index (κ2) is 11.3. The molecule has 0 aliphatic carbocycles. The van der Waals surface area contributed by atoms with E-state index in [-0.39, 0.29) is 13.2 Å². The average molecular weight is 488 g/mol. The summed E-state index contributed by atoms with van der Waals surface area (Å²) in [5, 5.41) is 0. The Labute approximate surface area is 200 Å². The van der Waals surface area contributed by atoms with Gasteiger partial charge in [0.05, 0.1) is 6.61 Å². The number of nitrogens with zero attached hydrogens (tertiary/aromatic N) is 3. The zero-order valence-corrected chi connectivity index (χ0v) is 20.5. The minimum Gasteiger partial charge on any atom is -0.484 e. The van der Waals surface area contributed by atoms with Crippen LogP contribution in [0.15, 0.2) is 65.3 Å². The molecule has 3 aromatic rings. The third-order valence-corrected chi connectivity index (χ3v) is 6.76. The molecular formula is C24H29N3O6S. The van der Waals surface area contributed by atoms with Gasteiger partial charge in [-0.2, -0.15) is 17.0 Å². The highest BCUT2D eigenvalue weighted by atomic mass is 32.2. The van der Waals surface area contributed by atoms with Crippen LogP contribution in [0.5, 0.6) is 5.75 Å². The van der Waals surface area contributed by atoms with E-state index in [1.165, 1.54) is 14.1 Å². The first kappa shape index (κ1) is 25.4. The van der Waals surface area contributed by atoms with Crippen molar-refractivity contribution >= 4 is 16.2 Å². The van der Waals surface area contributed by atoms with Crippen molar-refractivity contribution in [3.8, 4) is 17.2 Å². The largest absolute Gasteiger partial charge is 0.484 e. The highest BCUT2D eigenvalue weighted by Gasteiger charge is 2.27. The Balaban J connectivity index is 1.74. The van der Waals surface area contributed by atoms with Crippen molar-refractivity contribution in [2.45, 2.75) is 26.5 Å². The number of carbonyl (C=O) groups excluding carboxylic acids is 1. The van der Waals surface area contributed by atoms with Gasteiger partial charge in [-0.05, 0) is 43.7 Å². The van der Waals surface area contributed by atoms with Crippen LogP contribution in [0.4, 0.5) is 0 Å². The van der Waals surface area contributed by atoms with E-state index in [4.69, 9.17) is 13.9 Å². The predicted molar refractivity (Wildman–Crippen MR) is 127 cm³/mol. The number of carbonyl (C=O) groups is 1. The molecule has 0 radical (unpaired) electrons. The fraction of sp³-hybridized carbons (Fsp3) is 0.333. The molecule has 1 aromatic heterocycles. The van der Waals surface area contributed by atoms with Gasteiger partial charge in [-0.3, -0.25) is 4.79 Å². The Morgan fingerprint density at radius 1 is 1.12 bits per heavy atom. The van der Waals surface area contributed by atoms with E-state index < -0.39 is 28.8 Å². The molecule has 3 rings (SSSR count). The summed E-state index contributed by atoms with van der Waals surface area (Å²) in [7, 11) is -1.02. The first-order valence-corrected chi connectivity index (χ1v) is 12.2. The van der Waals surface area contributed by atoms with E-state index in [9.17, 15) is 13.2 Å². The molecule has 0 saturated carbocycles. The number of oxazole rings is 1. The fourth-order valence-corrected chi connectivity index (χ4v) is 4.21. The summed E-state index contributed by atoms with van der Waals surface area (Å²) in [5.41, 5.74) is 2.15. The van der Waals surface area contributed by atoms with Crippen LogP contribution in [0.3, 0.4) is 0 Å². The van der Waals surface area contributed by atoms with Crippen LogP contribution in [0.1, 0.15) is 31.2 Å². The monoisotopic (exact) mass is 487 g/mol. The molecule has 9 nitrogen and oxygen atoms in total. The number of rotatable bonds is 11. The molecule has 0 aliphatic heterocycles. The lowest BCUT2D eigenvalue weighted by molar-refractivity contribution is -0.143. The van der Waals surface area contributed by atoms with Crippen LogP contribution in [0.25, 0.3) is 11.5 Å². The topological polar surface area (TPSA) is 102 Å². The molecule has 1 heterocycles. The van der Waals surface area contributed by atoms with Crippen LogP contribution in [0.2, 0.25) is 0 Å². The Bertz CT molecular complexity index is 1190. The summed E-state index contributed by atoms with van der Waals surface area (Å²) in [4.78, 5) is 16.5. The number of esters is 1. The molecule has 0 spiro atoms. The summed E-state index contributed by atoms with van der Waals surface area (Å²) < 4.78 is 44.2. The Morgan fingerprint density at radius 2 is 1.85 bits per heavy atom. The highest BCUT2D eigenvalue weighted by Crippen LogP contribution is 2.26. The van der Waals surface area contributed by atoms with E-state index >= 15 is 0 Å². The van der Waals surface area contributed by atoms with E-state index in [2.05, 4.69) is 4.98 Å². The van der Waals surface area contributed by atoms with Crippen molar-refractivity contribution in [3.63, 3.8) is 0 Å². The third-order valence-electron chi connectivity index (χ3n) is 4.93. The number of benzene rings is 2. The predicted octanol–water partition coefficient (Wildman–Crippen LogP) is 3.65. The summed E-state index contributed by atoms with van der Waals surface area (Å²) in [6.45, 7) is 3.28. The maximum absolute atomic E-state index is 12.7. The maximum atomic E-state index is 12.7. The molecule has 1 unspecified atom stereocenters. The quantitative estimate of drug-likeness (QED) is 0.380. The van der Waals surface area contributed by atoms with E-state index in [0.717, 1.165) is 14.2 Å². The lowest BCUT2D eigenvalue weighted by Gasteiger charge is -2.25. The SMILES string of the molecule is CCOC(=O)CN(Cc1cccc(OC(C)c2coc(-c3ccccc3)n2)c1)S(=O)(=O)N(C)C. The number of ether oxygens (including phenoxy) is 2. The molecule has 34 heavy (non-hydrogen) atoms. The van der Waals surface area contributed by atoms with Crippen molar-refractivity contribution in [1.29, 1.82) is 0 Å². The molecule has 0 aliphatic rings. The normalized spacial score (nSPS) is 12.6. The van der Waals surface area contributed by atoms with Gasteiger partial charge in [0.15, 0.2) is 0 Å². The molecule has 0 amide bonds. The van der Waals surface area contributed by atoms with E-state index in [0.29, 0.717) is 22.9 Å². The second-order valence-electron chi connectivity index (χ2n) is 7.71. The molecular weight excluding hydrogens is 458 g/mol. The lowest BCUT2D eigenvalue weighted by atomic mass is 10.2. The van der Waals surface area contributed by atoms with Gasteiger partial charge in [-0.25, -0.2) is 4.98 Å². The van der Waals surface area contributed by atoms with Gasteiger partial charge < -0.3 is 13.9 Å². The van der Waals surface area contributed by atoms with Crippen molar-refractivity contribution in [1.82, 2.24) is 13.6 Å². The van der Waals surface area contributed by atoms with Crippen molar-refractivity contribution < 1.29 is 27.1 Å². The third kappa shape index (κ3) is 6.43. The van der Waals surface area contributed by atoms with Crippen LogP contribution in [0, 0.1) is 0 Å². The Morgan fingerprint density at radius 3 is 2.53 bits per heavy atom. The smallest absolute Gasteiger partial charge is 0.321 e. The molecule has 10 heteroatoms. The van der Waals surface area contributed by atoms with Crippen molar-refractivity contribution in [3.05, 3.63) is 72.1 Å². The van der Waals surface area contributed by atoms with E-state index in [1.807, 2.05) is 37.3 Å². The van der Waals surface area contributed by atoms with Crippen LogP contribution in [-0.4, -0.2) is 55.2 Å². The zero-order chi connectivity index (χ0) is 24.7. The van der Waals surface area contributed by atoms with Gasteiger partial charge in [-0.15, -0.1) is 0 Å². The number of aromatic nitrogens is 1. The summed E-state index contributed by atoms with van der Waals surface area (Å²) in [6, 6.07) is 16.6. The Kier molecular flexibility index (Phi) is 8.43. The molecule has 182 valence electrons.